The van der Waals surface area contributed by atoms with Crippen molar-refractivity contribution in [3.63, 3.8) is 0 Å². The molecule has 2 aliphatic rings. The second kappa shape index (κ2) is 6.97. The molecule has 0 spiro atoms. The van der Waals surface area contributed by atoms with Gasteiger partial charge >= 0.3 is 0 Å². The Labute approximate surface area is 150 Å². The normalized spacial score (nSPS) is 20.2. The first kappa shape index (κ1) is 16.3. The number of aryl methyl sites for hydroxylation is 1. The number of piperidine rings is 1. The molecule has 0 amide bonds. The number of hydrogen-bond acceptors (Lipinski definition) is 2. The van der Waals surface area contributed by atoms with Gasteiger partial charge in [-0.3, -0.25) is 9.69 Å². The first-order chi connectivity index (χ1) is 12.2. The van der Waals surface area contributed by atoms with Gasteiger partial charge in [0.15, 0.2) is 5.78 Å². The van der Waals surface area contributed by atoms with E-state index in [-0.39, 0.29) is 5.78 Å². The van der Waals surface area contributed by atoms with Gasteiger partial charge in [-0.1, -0.05) is 60.2 Å². The minimum atomic E-state index is 0.252. The molecule has 0 radical (unpaired) electrons. The largest absolute Gasteiger partial charge is 0.299 e. The predicted molar refractivity (Wildman–Crippen MR) is 102 cm³/mol. The van der Waals surface area contributed by atoms with Crippen LogP contribution in [0.4, 0.5) is 0 Å². The standard InChI is InChI=1S/C23H25NO/c1-17-7-8-22-20(13-17)15-21(23(22)25)14-18-9-11-24(12-10-18)16-19-5-3-2-4-6-19/h2-8,13-14,18H,9-12,15-16H2,1H3/b21-14-. The third-order valence-electron chi connectivity index (χ3n) is 5.50. The topological polar surface area (TPSA) is 20.3 Å². The molecule has 1 aliphatic carbocycles. The van der Waals surface area contributed by atoms with Crippen LogP contribution in [0.5, 0.6) is 0 Å². The molecule has 2 heteroatoms. The van der Waals surface area contributed by atoms with Crippen molar-refractivity contribution in [2.24, 2.45) is 5.92 Å². The average molecular weight is 331 g/mol. The van der Waals surface area contributed by atoms with Gasteiger partial charge in [0.05, 0.1) is 0 Å². The third kappa shape index (κ3) is 3.59. The Morgan fingerprint density at radius 1 is 1.08 bits per heavy atom. The highest BCUT2D eigenvalue weighted by molar-refractivity contribution is 6.13. The van der Waals surface area contributed by atoms with Gasteiger partial charge in [0.2, 0.25) is 0 Å². The SMILES string of the molecule is Cc1ccc2c(c1)C/C(=C/C1CCN(Cc3ccccc3)CC1)C2=O. The van der Waals surface area contributed by atoms with E-state index in [4.69, 9.17) is 0 Å². The van der Waals surface area contributed by atoms with Gasteiger partial charge in [-0.05, 0) is 49.9 Å². The van der Waals surface area contributed by atoms with E-state index in [0.717, 1.165) is 50.0 Å². The highest BCUT2D eigenvalue weighted by atomic mass is 16.1. The number of carbonyl (C=O) groups excluding carboxylic acids is 1. The molecule has 2 aromatic rings. The summed E-state index contributed by atoms with van der Waals surface area (Å²) >= 11 is 0. The number of ketones is 1. The van der Waals surface area contributed by atoms with Crippen LogP contribution in [0.25, 0.3) is 0 Å². The molecule has 0 aromatic heterocycles. The van der Waals surface area contributed by atoms with E-state index in [2.05, 4.69) is 54.3 Å². The van der Waals surface area contributed by atoms with Crippen LogP contribution < -0.4 is 0 Å². The summed E-state index contributed by atoms with van der Waals surface area (Å²) in [6.07, 6.45) is 5.40. The summed E-state index contributed by atoms with van der Waals surface area (Å²) in [6.45, 7) is 5.36. The van der Waals surface area contributed by atoms with E-state index < -0.39 is 0 Å². The summed E-state index contributed by atoms with van der Waals surface area (Å²) in [5.74, 6) is 0.795. The summed E-state index contributed by atoms with van der Waals surface area (Å²) in [7, 11) is 0. The molecule has 1 fully saturated rings. The maximum Gasteiger partial charge on any atom is 0.189 e. The van der Waals surface area contributed by atoms with Crippen LogP contribution in [0.2, 0.25) is 0 Å². The van der Waals surface area contributed by atoms with Crippen LogP contribution in [0.15, 0.2) is 60.2 Å². The highest BCUT2D eigenvalue weighted by Crippen LogP contribution is 2.30. The fourth-order valence-corrected chi connectivity index (χ4v) is 4.09. The van der Waals surface area contributed by atoms with Crippen LogP contribution in [0.3, 0.4) is 0 Å². The molecule has 0 unspecified atom stereocenters. The maximum atomic E-state index is 12.6. The zero-order valence-electron chi connectivity index (χ0n) is 14.9. The molecular formula is C23H25NO. The fraction of sp³-hybridized carbons (Fsp3) is 0.348. The molecule has 0 bridgehead atoms. The van der Waals surface area contributed by atoms with Crippen molar-refractivity contribution in [2.45, 2.75) is 32.7 Å². The Bertz CT molecular complexity index is 798. The van der Waals surface area contributed by atoms with Crippen molar-refractivity contribution < 1.29 is 4.79 Å². The van der Waals surface area contributed by atoms with Crippen LogP contribution in [-0.2, 0) is 13.0 Å². The highest BCUT2D eigenvalue weighted by Gasteiger charge is 2.26. The summed E-state index contributed by atoms with van der Waals surface area (Å²) in [4.78, 5) is 15.1. The van der Waals surface area contributed by atoms with E-state index in [1.807, 2.05) is 12.1 Å². The molecular weight excluding hydrogens is 306 g/mol. The third-order valence-corrected chi connectivity index (χ3v) is 5.50. The molecule has 128 valence electrons. The van der Waals surface area contributed by atoms with Gasteiger partial charge in [0.1, 0.15) is 0 Å². The van der Waals surface area contributed by atoms with Gasteiger partial charge in [-0.25, -0.2) is 0 Å². The van der Waals surface area contributed by atoms with Crippen LogP contribution in [0, 0.1) is 12.8 Å². The number of fused-ring (bicyclic) bond motifs is 1. The Balaban J connectivity index is 1.37. The van der Waals surface area contributed by atoms with Crippen molar-refractivity contribution in [1.82, 2.24) is 4.90 Å². The Morgan fingerprint density at radius 2 is 1.84 bits per heavy atom. The molecule has 1 heterocycles. The quantitative estimate of drug-likeness (QED) is 0.768. The lowest BCUT2D eigenvalue weighted by atomic mass is 9.93. The summed E-state index contributed by atoms with van der Waals surface area (Å²) in [6, 6.07) is 16.9. The van der Waals surface area contributed by atoms with Gasteiger partial charge in [0, 0.05) is 24.1 Å². The zero-order chi connectivity index (χ0) is 17.2. The lowest BCUT2D eigenvalue weighted by molar-refractivity contribution is 0.103. The lowest BCUT2D eigenvalue weighted by Crippen LogP contribution is -2.32. The molecule has 0 N–H and O–H groups in total. The smallest absolute Gasteiger partial charge is 0.189 e. The summed E-state index contributed by atoms with van der Waals surface area (Å²) in [5.41, 5.74) is 5.76. The number of hydrogen-bond donors (Lipinski definition) is 0. The monoisotopic (exact) mass is 331 g/mol. The minimum absolute atomic E-state index is 0.252. The maximum absolute atomic E-state index is 12.6. The van der Waals surface area contributed by atoms with Gasteiger partial charge in [-0.15, -0.1) is 0 Å². The minimum Gasteiger partial charge on any atom is -0.299 e. The van der Waals surface area contributed by atoms with E-state index in [9.17, 15) is 4.79 Å². The molecule has 2 aromatic carbocycles. The van der Waals surface area contributed by atoms with Crippen molar-refractivity contribution >= 4 is 5.78 Å². The second-order valence-corrected chi connectivity index (χ2v) is 7.46. The first-order valence-corrected chi connectivity index (χ1v) is 9.30. The summed E-state index contributed by atoms with van der Waals surface area (Å²) < 4.78 is 0. The molecule has 25 heavy (non-hydrogen) atoms. The van der Waals surface area contributed by atoms with E-state index in [0.29, 0.717) is 5.92 Å². The molecule has 1 saturated heterocycles. The average Bonchev–Trinajstić information content (AvgIpc) is 2.92. The number of nitrogens with zero attached hydrogens (tertiary/aromatic N) is 1. The van der Waals surface area contributed by atoms with Crippen LogP contribution in [-0.4, -0.2) is 23.8 Å². The van der Waals surface area contributed by atoms with Crippen molar-refractivity contribution in [1.29, 1.82) is 0 Å². The number of Topliss-reactive ketones (excluding diaryl/α,β-unsaturated/α-hetero) is 1. The van der Waals surface area contributed by atoms with E-state index >= 15 is 0 Å². The van der Waals surface area contributed by atoms with Crippen molar-refractivity contribution in [3.05, 3.63) is 82.4 Å². The Kier molecular flexibility index (Phi) is 4.54. The van der Waals surface area contributed by atoms with Crippen molar-refractivity contribution in [3.8, 4) is 0 Å². The van der Waals surface area contributed by atoms with E-state index in [1.54, 1.807) is 0 Å². The van der Waals surface area contributed by atoms with E-state index in [1.165, 1.54) is 16.7 Å². The zero-order valence-corrected chi connectivity index (χ0v) is 14.9. The first-order valence-electron chi connectivity index (χ1n) is 9.30. The molecule has 1 aliphatic heterocycles. The van der Waals surface area contributed by atoms with Gasteiger partial charge in [0.25, 0.3) is 0 Å². The number of rotatable bonds is 3. The Morgan fingerprint density at radius 3 is 2.60 bits per heavy atom. The number of allylic oxidation sites excluding steroid dienone is 2. The van der Waals surface area contributed by atoms with Crippen LogP contribution in [0.1, 0.15) is 39.9 Å². The molecule has 2 nitrogen and oxygen atoms in total. The molecule has 0 atom stereocenters. The second-order valence-electron chi connectivity index (χ2n) is 7.46. The lowest BCUT2D eigenvalue weighted by Gasteiger charge is -2.30. The van der Waals surface area contributed by atoms with Crippen LogP contribution >= 0.6 is 0 Å². The van der Waals surface area contributed by atoms with Crippen molar-refractivity contribution in [2.75, 3.05) is 13.1 Å². The Hall–Kier alpha value is -2.19. The fourth-order valence-electron chi connectivity index (χ4n) is 4.09. The number of benzene rings is 2. The van der Waals surface area contributed by atoms with Gasteiger partial charge < -0.3 is 0 Å². The van der Waals surface area contributed by atoms with Gasteiger partial charge in [-0.2, -0.15) is 0 Å². The number of likely N-dealkylation sites (tertiary alicyclic amines) is 1. The predicted octanol–water partition coefficient (Wildman–Crippen LogP) is 4.57. The number of carbonyl (C=O) groups is 1. The molecule has 4 rings (SSSR count). The summed E-state index contributed by atoms with van der Waals surface area (Å²) in [5, 5.41) is 0. The molecule has 0 saturated carbocycles.